The van der Waals surface area contributed by atoms with Gasteiger partial charge in [0.15, 0.2) is 0 Å². The molecule has 0 aromatic rings. The predicted octanol–water partition coefficient (Wildman–Crippen LogP) is 0.646. The third-order valence-corrected chi connectivity index (χ3v) is 2.10. The molecule has 1 aliphatic heterocycles. The van der Waals surface area contributed by atoms with Crippen molar-refractivity contribution in [2.24, 2.45) is 0 Å². The molecule has 0 spiro atoms. The predicted molar refractivity (Wildman–Crippen MR) is 39.3 cm³/mol. The summed E-state index contributed by atoms with van der Waals surface area (Å²) in [5.74, 6) is 0. The average molecular weight is 128 g/mol. The average Bonchev–Trinajstić information content (AvgIpc) is 1.80. The summed E-state index contributed by atoms with van der Waals surface area (Å²) >= 11 is 0. The summed E-state index contributed by atoms with van der Waals surface area (Å²) in [6, 6.07) is 0.705. The van der Waals surface area contributed by atoms with Crippen molar-refractivity contribution in [1.82, 2.24) is 10.2 Å². The second-order valence-electron chi connectivity index (χ2n) is 3.01. The Balaban J connectivity index is 2.35. The number of nitrogens with zero attached hydrogens (tertiary/aromatic N) is 1. The first-order valence-corrected chi connectivity index (χ1v) is 3.66. The van der Waals surface area contributed by atoms with E-state index in [2.05, 4.69) is 31.1 Å². The Kier molecular flexibility index (Phi) is 2.09. The normalized spacial score (nSPS) is 39.0. The van der Waals surface area contributed by atoms with Crippen LogP contribution in [0.1, 0.15) is 20.3 Å². The lowest BCUT2D eigenvalue weighted by molar-refractivity contribution is 0.152. The molecule has 1 aliphatic rings. The Bertz CT molecular complexity index is 92.9. The van der Waals surface area contributed by atoms with E-state index in [0.29, 0.717) is 12.2 Å². The van der Waals surface area contributed by atoms with Gasteiger partial charge in [-0.15, -0.1) is 0 Å². The zero-order valence-corrected chi connectivity index (χ0v) is 6.52. The molecule has 1 N–H and O–H groups in total. The van der Waals surface area contributed by atoms with E-state index in [1.807, 2.05) is 0 Å². The van der Waals surface area contributed by atoms with E-state index in [-0.39, 0.29) is 0 Å². The standard InChI is InChI=1S/C7H16N2/c1-6-4-5-9(3)7(2)8-6/h6-8H,4-5H2,1-3H3/t6-,7-/m1/s1. The topological polar surface area (TPSA) is 15.3 Å². The summed E-state index contributed by atoms with van der Waals surface area (Å²) in [6.07, 6.45) is 1.84. The van der Waals surface area contributed by atoms with Gasteiger partial charge < -0.3 is 0 Å². The fourth-order valence-corrected chi connectivity index (χ4v) is 1.21. The lowest BCUT2D eigenvalue weighted by Crippen LogP contribution is -2.51. The summed E-state index contributed by atoms with van der Waals surface area (Å²) in [5.41, 5.74) is 0. The number of hydrogen-bond donors (Lipinski definition) is 1. The third-order valence-electron chi connectivity index (χ3n) is 2.10. The summed E-state index contributed by atoms with van der Waals surface area (Å²) in [4.78, 5) is 2.33. The molecule has 0 aliphatic carbocycles. The van der Waals surface area contributed by atoms with Gasteiger partial charge in [-0.2, -0.15) is 0 Å². The molecular formula is C7H16N2. The van der Waals surface area contributed by atoms with Gasteiger partial charge in [0.1, 0.15) is 0 Å². The zero-order valence-electron chi connectivity index (χ0n) is 6.52. The van der Waals surface area contributed by atoms with Crippen molar-refractivity contribution >= 4 is 0 Å². The van der Waals surface area contributed by atoms with Gasteiger partial charge in [0, 0.05) is 12.6 Å². The lowest BCUT2D eigenvalue weighted by atomic mass is 10.1. The fourth-order valence-electron chi connectivity index (χ4n) is 1.21. The van der Waals surface area contributed by atoms with E-state index in [1.165, 1.54) is 13.0 Å². The van der Waals surface area contributed by atoms with Crippen LogP contribution < -0.4 is 5.32 Å². The van der Waals surface area contributed by atoms with Crippen molar-refractivity contribution in [1.29, 1.82) is 0 Å². The molecule has 1 heterocycles. The van der Waals surface area contributed by atoms with Gasteiger partial charge in [0.2, 0.25) is 0 Å². The molecule has 0 aromatic carbocycles. The third kappa shape index (κ3) is 1.66. The summed E-state index contributed by atoms with van der Waals surface area (Å²) < 4.78 is 0. The Hall–Kier alpha value is -0.0800. The smallest absolute Gasteiger partial charge is 0.0567 e. The maximum absolute atomic E-state index is 3.45. The SMILES string of the molecule is C[C@@H]1CCN(C)[C@H](C)N1. The molecule has 2 atom stereocenters. The number of rotatable bonds is 0. The number of nitrogens with one attached hydrogen (secondary N) is 1. The molecule has 0 aromatic heterocycles. The van der Waals surface area contributed by atoms with Crippen LogP contribution in [0.15, 0.2) is 0 Å². The molecule has 2 nitrogen and oxygen atoms in total. The van der Waals surface area contributed by atoms with Crippen LogP contribution in [0.2, 0.25) is 0 Å². The van der Waals surface area contributed by atoms with Crippen LogP contribution in [0, 0.1) is 0 Å². The van der Waals surface area contributed by atoms with Crippen molar-refractivity contribution in [3.8, 4) is 0 Å². The minimum absolute atomic E-state index is 0.564. The van der Waals surface area contributed by atoms with Gasteiger partial charge in [-0.25, -0.2) is 0 Å². The van der Waals surface area contributed by atoms with Crippen LogP contribution in [0.4, 0.5) is 0 Å². The second-order valence-corrected chi connectivity index (χ2v) is 3.01. The van der Waals surface area contributed by atoms with Crippen molar-refractivity contribution in [3.63, 3.8) is 0 Å². The largest absolute Gasteiger partial charge is 0.299 e. The molecule has 0 bridgehead atoms. The van der Waals surface area contributed by atoms with E-state index in [9.17, 15) is 0 Å². The van der Waals surface area contributed by atoms with Gasteiger partial charge in [-0.05, 0) is 27.3 Å². The van der Waals surface area contributed by atoms with Gasteiger partial charge in [0.25, 0.3) is 0 Å². The van der Waals surface area contributed by atoms with E-state index < -0.39 is 0 Å². The van der Waals surface area contributed by atoms with E-state index in [0.717, 1.165) is 0 Å². The number of hydrogen-bond acceptors (Lipinski definition) is 2. The van der Waals surface area contributed by atoms with Crippen molar-refractivity contribution in [3.05, 3.63) is 0 Å². The molecule has 1 rings (SSSR count). The van der Waals surface area contributed by atoms with Gasteiger partial charge >= 0.3 is 0 Å². The van der Waals surface area contributed by atoms with Gasteiger partial charge in [-0.3, -0.25) is 10.2 Å². The Morgan fingerprint density at radius 2 is 2.11 bits per heavy atom. The van der Waals surface area contributed by atoms with Crippen LogP contribution in [0.3, 0.4) is 0 Å². The van der Waals surface area contributed by atoms with E-state index in [1.54, 1.807) is 0 Å². The first-order valence-electron chi connectivity index (χ1n) is 3.66. The fraction of sp³-hybridized carbons (Fsp3) is 1.00. The van der Waals surface area contributed by atoms with Crippen LogP contribution in [-0.2, 0) is 0 Å². The van der Waals surface area contributed by atoms with Gasteiger partial charge in [0.05, 0.1) is 6.17 Å². The molecule has 0 amide bonds. The molecular weight excluding hydrogens is 112 g/mol. The van der Waals surface area contributed by atoms with Crippen molar-refractivity contribution < 1.29 is 0 Å². The molecule has 0 radical (unpaired) electrons. The Labute approximate surface area is 57.2 Å². The molecule has 0 saturated carbocycles. The molecule has 54 valence electrons. The first-order chi connectivity index (χ1) is 4.20. The van der Waals surface area contributed by atoms with Crippen molar-refractivity contribution in [2.45, 2.75) is 32.5 Å². The Morgan fingerprint density at radius 3 is 2.56 bits per heavy atom. The highest BCUT2D eigenvalue weighted by Gasteiger charge is 2.17. The summed E-state index contributed by atoms with van der Waals surface area (Å²) in [5, 5.41) is 3.45. The quantitative estimate of drug-likeness (QED) is 0.515. The van der Waals surface area contributed by atoms with Crippen molar-refractivity contribution in [2.75, 3.05) is 13.6 Å². The first kappa shape index (κ1) is 7.03. The van der Waals surface area contributed by atoms with Gasteiger partial charge in [-0.1, -0.05) is 0 Å². The molecule has 1 fully saturated rings. The molecule has 9 heavy (non-hydrogen) atoms. The second kappa shape index (κ2) is 2.67. The summed E-state index contributed by atoms with van der Waals surface area (Å²) in [7, 11) is 2.16. The van der Waals surface area contributed by atoms with Crippen LogP contribution in [0.25, 0.3) is 0 Å². The molecule has 2 heteroatoms. The molecule has 1 saturated heterocycles. The summed E-state index contributed by atoms with van der Waals surface area (Å²) in [6.45, 7) is 5.68. The monoisotopic (exact) mass is 128 g/mol. The lowest BCUT2D eigenvalue weighted by Gasteiger charge is -2.34. The van der Waals surface area contributed by atoms with Crippen LogP contribution >= 0.6 is 0 Å². The van der Waals surface area contributed by atoms with Crippen LogP contribution in [-0.4, -0.2) is 30.7 Å². The minimum atomic E-state index is 0.564. The van der Waals surface area contributed by atoms with E-state index in [4.69, 9.17) is 0 Å². The highest BCUT2D eigenvalue weighted by molar-refractivity contribution is 4.74. The Morgan fingerprint density at radius 1 is 1.44 bits per heavy atom. The highest BCUT2D eigenvalue weighted by atomic mass is 15.3. The highest BCUT2D eigenvalue weighted by Crippen LogP contribution is 2.04. The maximum atomic E-state index is 3.45. The maximum Gasteiger partial charge on any atom is 0.0567 e. The van der Waals surface area contributed by atoms with Crippen LogP contribution in [0.5, 0.6) is 0 Å². The zero-order chi connectivity index (χ0) is 6.85. The molecule has 0 unspecified atom stereocenters. The van der Waals surface area contributed by atoms with E-state index >= 15 is 0 Å². The minimum Gasteiger partial charge on any atom is -0.299 e.